The highest BCUT2D eigenvalue weighted by Gasteiger charge is 2.08. The Morgan fingerprint density at radius 1 is 1.20 bits per heavy atom. The van der Waals surface area contributed by atoms with Crippen LogP contribution in [0.25, 0.3) is 6.08 Å². The minimum absolute atomic E-state index is 0.0383. The van der Waals surface area contributed by atoms with Crippen molar-refractivity contribution in [3.05, 3.63) is 71.3 Å². The molecule has 0 saturated carbocycles. The molecule has 1 N–H and O–H groups in total. The minimum atomic E-state index is -0.421. The van der Waals surface area contributed by atoms with Gasteiger partial charge in [-0.05, 0) is 29.3 Å². The van der Waals surface area contributed by atoms with Gasteiger partial charge in [0.1, 0.15) is 24.0 Å². The lowest BCUT2D eigenvalue weighted by Crippen LogP contribution is -2.27. The Morgan fingerprint density at radius 3 is 2.72 bits per heavy atom. The van der Waals surface area contributed by atoms with Crippen LogP contribution in [0.5, 0.6) is 5.75 Å². The van der Waals surface area contributed by atoms with Gasteiger partial charge in [-0.1, -0.05) is 42.5 Å². The average molecular weight is 336 g/mol. The summed E-state index contributed by atoms with van der Waals surface area (Å²) in [7, 11) is 1.55. The molecule has 0 atom stereocenters. The van der Waals surface area contributed by atoms with E-state index < -0.39 is 5.91 Å². The zero-order valence-corrected chi connectivity index (χ0v) is 14.1. The molecule has 0 saturated heterocycles. The molecule has 0 aromatic heterocycles. The van der Waals surface area contributed by atoms with Crippen molar-refractivity contribution in [2.45, 2.75) is 6.61 Å². The first-order valence-corrected chi connectivity index (χ1v) is 7.88. The standard InChI is InChI=1S/C20H20N2O3/c1-24-11-10-22-20(23)18(14-21)12-17-8-5-9-19(13-17)25-15-16-6-3-2-4-7-16/h2-9,12-13H,10-11,15H2,1H3,(H,22,23). The Morgan fingerprint density at radius 2 is 2.00 bits per heavy atom. The highest BCUT2D eigenvalue weighted by atomic mass is 16.5. The van der Waals surface area contributed by atoms with Crippen molar-refractivity contribution in [2.75, 3.05) is 20.3 Å². The van der Waals surface area contributed by atoms with Gasteiger partial charge in [-0.15, -0.1) is 0 Å². The Bertz CT molecular complexity index is 764. The normalized spacial score (nSPS) is 10.8. The third-order valence-corrected chi connectivity index (χ3v) is 3.37. The number of carbonyl (C=O) groups excluding carboxylic acids is 1. The van der Waals surface area contributed by atoms with Gasteiger partial charge in [0.2, 0.25) is 0 Å². The van der Waals surface area contributed by atoms with Gasteiger partial charge in [0.05, 0.1) is 6.61 Å². The van der Waals surface area contributed by atoms with Crippen molar-refractivity contribution in [1.82, 2.24) is 5.32 Å². The molecule has 128 valence electrons. The van der Waals surface area contributed by atoms with E-state index in [-0.39, 0.29) is 5.57 Å². The fourth-order valence-corrected chi connectivity index (χ4v) is 2.11. The number of benzene rings is 2. The molecule has 25 heavy (non-hydrogen) atoms. The highest BCUT2D eigenvalue weighted by molar-refractivity contribution is 6.01. The van der Waals surface area contributed by atoms with Crippen LogP contribution in [-0.2, 0) is 16.1 Å². The number of nitriles is 1. The predicted octanol–water partition coefficient (Wildman–Crippen LogP) is 2.94. The predicted molar refractivity (Wildman–Crippen MR) is 95.7 cm³/mol. The van der Waals surface area contributed by atoms with Gasteiger partial charge in [0, 0.05) is 13.7 Å². The summed E-state index contributed by atoms with van der Waals surface area (Å²) in [6.07, 6.45) is 1.54. The van der Waals surface area contributed by atoms with Gasteiger partial charge in [0.15, 0.2) is 0 Å². The second kappa shape index (κ2) is 9.91. The molecule has 0 radical (unpaired) electrons. The van der Waals surface area contributed by atoms with Gasteiger partial charge >= 0.3 is 0 Å². The molecular formula is C20H20N2O3. The molecule has 0 aliphatic heterocycles. The van der Waals surface area contributed by atoms with E-state index in [1.165, 1.54) is 6.08 Å². The van der Waals surface area contributed by atoms with Crippen LogP contribution in [0, 0.1) is 11.3 Å². The second-order valence-corrected chi connectivity index (χ2v) is 5.27. The van der Waals surface area contributed by atoms with Crippen molar-refractivity contribution in [3.8, 4) is 11.8 Å². The second-order valence-electron chi connectivity index (χ2n) is 5.27. The highest BCUT2D eigenvalue weighted by Crippen LogP contribution is 2.17. The Balaban J connectivity index is 2.03. The summed E-state index contributed by atoms with van der Waals surface area (Å²) in [5.74, 6) is 0.254. The fourth-order valence-electron chi connectivity index (χ4n) is 2.11. The number of nitrogens with zero attached hydrogens (tertiary/aromatic N) is 1. The third-order valence-electron chi connectivity index (χ3n) is 3.37. The summed E-state index contributed by atoms with van der Waals surface area (Å²) in [5.41, 5.74) is 1.83. The molecule has 1 amide bonds. The first-order chi connectivity index (χ1) is 12.2. The number of carbonyl (C=O) groups is 1. The number of ether oxygens (including phenoxy) is 2. The van der Waals surface area contributed by atoms with Crippen LogP contribution < -0.4 is 10.1 Å². The molecule has 0 aliphatic carbocycles. The van der Waals surface area contributed by atoms with Gasteiger partial charge in [0.25, 0.3) is 5.91 Å². The van der Waals surface area contributed by atoms with Crippen LogP contribution in [0.1, 0.15) is 11.1 Å². The molecule has 5 nitrogen and oxygen atoms in total. The van der Waals surface area contributed by atoms with Crippen molar-refractivity contribution >= 4 is 12.0 Å². The van der Waals surface area contributed by atoms with E-state index >= 15 is 0 Å². The summed E-state index contributed by atoms with van der Waals surface area (Å²) in [6, 6.07) is 19.0. The summed E-state index contributed by atoms with van der Waals surface area (Å²) >= 11 is 0. The van der Waals surface area contributed by atoms with Gasteiger partial charge in [-0.2, -0.15) is 5.26 Å². The summed E-state index contributed by atoms with van der Waals surface area (Å²) in [4.78, 5) is 12.0. The summed E-state index contributed by atoms with van der Waals surface area (Å²) in [5, 5.41) is 11.8. The topological polar surface area (TPSA) is 71.3 Å². The van der Waals surface area contributed by atoms with E-state index in [4.69, 9.17) is 9.47 Å². The number of rotatable bonds is 8. The molecule has 0 fully saturated rings. The van der Waals surface area contributed by atoms with Crippen LogP contribution in [0.2, 0.25) is 0 Å². The van der Waals surface area contributed by atoms with Crippen molar-refractivity contribution in [2.24, 2.45) is 0 Å². The maximum atomic E-state index is 12.0. The number of nitrogens with one attached hydrogen (secondary N) is 1. The minimum Gasteiger partial charge on any atom is -0.489 e. The van der Waals surface area contributed by atoms with Crippen LogP contribution in [-0.4, -0.2) is 26.2 Å². The molecule has 0 spiro atoms. The van der Waals surface area contributed by atoms with Crippen molar-refractivity contribution < 1.29 is 14.3 Å². The average Bonchev–Trinajstić information content (AvgIpc) is 2.65. The molecule has 0 unspecified atom stereocenters. The lowest BCUT2D eigenvalue weighted by Gasteiger charge is -2.07. The summed E-state index contributed by atoms with van der Waals surface area (Å²) < 4.78 is 10.6. The Hall–Kier alpha value is -3.10. The van der Waals surface area contributed by atoms with E-state index in [1.54, 1.807) is 13.2 Å². The van der Waals surface area contributed by atoms with Crippen LogP contribution >= 0.6 is 0 Å². The van der Waals surface area contributed by atoms with Crippen molar-refractivity contribution in [1.29, 1.82) is 5.26 Å². The molecule has 2 aromatic carbocycles. The zero-order valence-electron chi connectivity index (χ0n) is 14.1. The number of methoxy groups -OCH3 is 1. The van der Waals surface area contributed by atoms with E-state index in [1.807, 2.05) is 54.6 Å². The number of hydrogen-bond donors (Lipinski definition) is 1. The summed E-state index contributed by atoms with van der Waals surface area (Å²) in [6.45, 7) is 1.21. The Labute approximate surface area is 147 Å². The first-order valence-electron chi connectivity index (χ1n) is 7.88. The monoisotopic (exact) mass is 336 g/mol. The lowest BCUT2D eigenvalue weighted by molar-refractivity contribution is -0.117. The van der Waals surface area contributed by atoms with Gasteiger partial charge in [-0.3, -0.25) is 4.79 Å². The SMILES string of the molecule is COCCNC(=O)C(C#N)=Cc1cccc(OCc2ccccc2)c1. The Kier molecular flexibility index (Phi) is 7.23. The molecule has 5 heteroatoms. The van der Waals surface area contributed by atoms with E-state index in [0.717, 1.165) is 11.1 Å². The maximum absolute atomic E-state index is 12.0. The number of amides is 1. The molecular weight excluding hydrogens is 316 g/mol. The van der Waals surface area contributed by atoms with Crippen LogP contribution in [0.3, 0.4) is 0 Å². The van der Waals surface area contributed by atoms with E-state index in [9.17, 15) is 10.1 Å². The lowest BCUT2D eigenvalue weighted by atomic mass is 10.1. The van der Waals surface area contributed by atoms with E-state index in [2.05, 4.69) is 5.32 Å². The molecule has 0 bridgehead atoms. The quantitative estimate of drug-likeness (QED) is 0.457. The van der Waals surface area contributed by atoms with Gasteiger partial charge in [-0.25, -0.2) is 0 Å². The third kappa shape index (κ3) is 6.13. The van der Waals surface area contributed by atoms with Crippen molar-refractivity contribution in [3.63, 3.8) is 0 Å². The largest absolute Gasteiger partial charge is 0.489 e. The fraction of sp³-hybridized carbons (Fsp3) is 0.200. The maximum Gasteiger partial charge on any atom is 0.262 e. The van der Waals surface area contributed by atoms with E-state index in [0.29, 0.717) is 25.5 Å². The first kappa shape index (κ1) is 18.2. The van der Waals surface area contributed by atoms with Gasteiger partial charge < -0.3 is 14.8 Å². The molecule has 0 aliphatic rings. The smallest absolute Gasteiger partial charge is 0.262 e. The molecule has 2 rings (SSSR count). The van der Waals surface area contributed by atoms with Crippen LogP contribution in [0.15, 0.2) is 60.2 Å². The molecule has 0 heterocycles. The number of hydrogen-bond acceptors (Lipinski definition) is 4. The molecule has 2 aromatic rings. The zero-order chi connectivity index (χ0) is 17.9. The van der Waals surface area contributed by atoms with Crippen LogP contribution in [0.4, 0.5) is 0 Å².